The highest BCUT2D eigenvalue weighted by molar-refractivity contribution is 5.66. The lowest BCUT2D eigenvalue weighted by Gasteiger charge is -2.33. The van der Waals surface area contributed by atoms with E-state index < -0.39 is 5.97 Å². The second-order valence-electron chi connectivity index (χ2n) is 4.29. The molecule has 2 atom stereocenters. The third-order valence-corrected chi connectivity index (χ3v) is 3.28. The lowest BCUT2D eigenvalue weighted by molar-refractivity contribution is -0.137. The van der Waals surface area contributed by atoms with Crippen molar-refractivity contribution in [3.8, 4) is 0 Å². The number of ether oxygens (including phenoxy) is 1. The van der Waals surface area contributed by atoms with Crippen LogP contribution in [0.15, 0.2) is 0 Å². The van der Waals surface area contributed by atoms with Gasteiger partial charge in [-0.25, -0.2) is 0 Å². The summed E-state index contributed by atoms with van der Waals surface area (Å²) in [4.78, 5) is 12.7. The number of piperidine rings is 1. The van der Waals surface area contributed by atoms with Crippen LogP contribution in [0.3, 0.4) is 0 Å². The van der Waals surface area contributed by atoms with Crippen LogP contribution < -0.4 is 0 Å². The number of carbonyl (C=O) groups is 1. The van der Waals surface area contributed by atoms with Gasteiger partial charge in [-0.2, -0.15) is 0 Å². The topological polar surface area (TPSA) is 49.8 Å². The number of carboxylic acid groups (broad SMARTS) is 1. The number of carboxylic acids is 1. The first-order valence-electron chi connectivity index (χ1n) is 5.27. The first-order valence-corrected chi connectivity index (χ1v) is 5.27. The maximum absolute atomic E-state index is 10.4. The molecule has 2 aliphatic heterocycles. The Kier molecular flexibility index (Phi) is 3.03. The van der Waals surface area contributed by atoms with Crippen LogP contribution in [0.25, 0.3) is 0 Å². The molecule has 0 saturated carbocycles. The third kappa shape index (κ3) is 2.25. The molecule has 14 heavy (non-hydrogen) atoms. The quantitative estimate of drug-likeness (QED) is 0.716. The molecule has 4 heteroatoms. The molecular formula is C10H17NO3. The Morgan fingerprint density at radius 2 is 2.21 bits per heavy atom. The standard InChI is InChI=1S/C10H17NO3/c12-10(13)2-4-11-3-1-8-6-14-7-9(8)5-11/h8-9H,1-7H2,(H,12,13)/t8-,9+/m0/s1. The van der Waals surface area contributed by atoms with Crippen LogP contribution in [0.4, 0.5) is 0 Å². The number of hydrogen-bond donors (Lipinski definition) is 1. The third-order valence-electron chi connectivity index (χ3n) is 3.28. The Morgan fingerprint density at radius 1 is 1.43 bits per heavy atom. The summed E-state index contributed by atoms with van der Waals surface area (Å²) < 4.78 is 5.42. The van der Waals surface area contributed by atoms with E-state index in [0.29, 0.717) is 12.5 Å². The van der Waals surface area contributed by atoms with Crippen LogP contribution in [0.5, 0.6) is 0 Å². The summed E-state index contributed by atoms with van der Waals surface area (Å²) in [5.74, 6) is 0.684. The number of rotatable bonds is 3. The molecule has 2 heterocycles. The van der Waals surface area contributed by atoms with Gasteiger partial charge in [0.2, 0.25) is 0 Å². The Bertz CT molecular complexity index is 219. The lowest BCUT2D eigenvalue weighted by Crippen LogP contribution is -2.40. The maximum Gasteiger partial charge on any atom is 0.304 e. The van der Waals surface area contributed by atoms with Crippen molar-refractivity contribution in [1.82, 2.24) is 4.90 Å². The van der Waals surface area contributed by atoms with E-state index in [1.807, 2.05) is 0 Å². The molecule has 0 radical (unpaired) electrons. The van der Waals surface area contributed by atoms with E-state index in [2.05, 4.69) is 4.90 Å². The average Bonchev–Trinajstić information content (AvgIpc) is 2.61. The van der Waals surface area contributed by atoms with E-state index in [0.717, 1.165) is 32.2 Å². The zero-order chi connectivity index (χ0) is 9.97. The zero-order valence-electron chi connectivity index (χ0n) is 8.32. The molecular weight excluding hydrogens is 182 g/mol. The molecule has 1 N–H and O–H groups in total. The first-order chi connectivity index (χ1) is 6.75. The van der Waals surface area contributed by atoms with Crippen LogP contribution in [0.2, 0.25) is 0 Å². The molecule has 0 unspecified atom stereocenters. The second-order valence-corrected chi connectivity index (χ2v) is 4.29. The Labute approximate surface area is 83.8 Å². The lowest BCUT2D eigenvalue weighted by atomic mass is 9.89. The first kappa shape index (κ1) is 9.93. The largest absolute Gasteiger partial charge is 0.481 e. The summed E-state index contributed by atoms with van der Waals surface area (Å²) >= 11 is 0. The van der Waals surface area contributed by atoms with E-state index in [9.17, 15) is 4.79 Å². The van der Waals surface area contributed by atoms with Crippen molar-refractivity contribution in [2.45, 2.75) is 12.8 Å². The fourth-order valence-corrected chi connectivity index (χ4v) is 2.39. The Balaban J connectivity index is 1.77. The molecule has 0 amide bonds. The predicted molar refractivity (Wildman–Crippen MR) is 51.1 cm³/mol. The van der Waals surface area contributed by atoms with Gasteiger partial charge in [-0.05, 0) is 18.9 Å². The maximum atomic E-state index is 10.4. The number of aliphatic carboxylic acids is 1. The van der Waals surface area contributed by atoms with E-state index in [4.69, 9.17) is 9.84 Å². The molecule has 0 aromatic carbocycles. The van der Waals surface area contributed by atoms with E-state index in [1.54, 1.807) is 0 Å². The van der Waals surface area contributed by atoms with Crippen LogP contribution in [-0.2, 0) is 9.53 Å². The normalized spacial score (nSPS) is 32.9. The van der Waals surface area contributed by atoms with E-state index in [-0.39, 0.29) is 6.42 Å². The molecule has 0 bridgehead atoms. The van der Waals surface area contributed by atoms with Crippen molar-refractivity contribution in [1.29, 1.82) is 0 Å². The zero-order valence-corrected chi connectivity index (χ0v) is 8.32. The number of nitrogens with zero attached hydrogens (tertiary/aromatic N) is 1. The van der Waals surface area contributed by atoms with Crippen LogP contribution in [0.1, 0.15) is 12.8 Å². The number of hydrogen-bond acceptors (Lipinski definition) is 3. The summed E-state index contributed by atoms with van der Waals surface area (Å²) in [7, 11) is 0. The highest BCUT2D eigenvalue weighted by Crippen LogP contribution is 2.29. The summed E-state index contributed by atoms with van der Waals surface area (Å²) in [6.45, 7) is 4.54. The summed E-state index contributed by atoms with van der Waals surface area (Å²) in [5, 5.41) is 8.58. The molecule has 0 aromatic rings. The van der Waals surface area contributed by atoms with Crippen molar-refractivity contribution >= 4 is 5.97 Å². The van der Waals surface area contributed by atoms with Crippen LogP contribution in [-0.4, -0.2) is 48.8 Å². The molecule has 4 nitrogen and oxygen atoms in total. The van der Waals surface area contributed by atoms with Gasteiger partial charge in [-0.3, -0.25) is 4.79 Å². The summed E-state index contributed by atoms with van der Waals surface area (Å²) in [5.41, 5.74) is 0. The van der Waals surface area contributed by atoms with E-state index >= 15 is 0 Å². The van der Waals surface area contributed by atoms with Gasteiger partial charge in [0.25, 0.3) is 0 Å². The van der Waals surface area contributed by atoms with Gasteiger partial charge in [-0.1, -0.05) is 0 Å². The fraction of sp³-hybridized carbons (Fsp3) is 0.900. The molecule has 2 rings (SSSR count). The highest BCUT2D eigenvalue weighted by atomic mass is 16.5. The molecule has 0 spiro atoms. The highest BCUT2D eigenvalue weighted by Gasteiger charge is 2.33. The van der Waals surface area contributed by atoms with Crippen molar-refractivity contribution in [2.75, 3.05) is 32.8 Å². The van der Waals surface area contributed by atoms with Crippen LogP contribution >= 0.6 is 0 Å². The summed E-state index contributed by atoms with van der Waals surface area (Å²) in [6.07, 6.45) is 1.43. The summed E-state index contributed by atoms with van der Waals surface area (Å²) in [6, 6.07) is 0. The molecule has 0 aromatic heterocycles. The SMILES string of the molecule is O=C(O)CCN1CC[C@H]2COC[C@H]2C1. The fourth-order valence-electron chi connectivity index (χ4n) is 2.39. The Hall–Kier alpha value is -0.610. The van der Waals surface area contributed by atoms with Gasteiger partial charge < -0.3 is 14.7 Å². The average molecular weight is 199 g/mol. The molecule has 0 aliphatic carbocycles. The molecule has 2 fully saturated rings. The number of fused-ring (bicyclic) bond motifs is 1. The molecule has 80 valence electrons. The monoisotopic (exact) mass is 199 g/mol. The minimum atomic E-state index is -0.699. The van der Waals surface area contributed by atoms with Crippen molar-refractivity contribution in [2.24, 2.45) is 11.8 Å². The van der Waals surface area contributed by atoms with Gasteiger partial charge in [0.15, 0.2) is 0 Å². The van der Waals surface area contributed by atoms with Gasteiger partial charge in [0, 0.05) is 25.6 Å². The van der Waals surface area contributed by atoms with E-state index in [1.165, 1.54) is 6.42 Å². The van der Waals surface area contributed by atoms with Crippen molar-refractivity contribution in [3.05, 3.63) is 0 Å². The van der Waals surface area contributed by atoms with Gasteiger partial charge in [-0.15, -0.1) is 0 Å². The van der Waals surface area contributed by atoms with Crippen molar-refractivity contribution < 1.29 is 14.6 Å². The molecule has 2 saturated heterocycles. The van der Waals surface area contributed by atoms with Gasteiger partial charge >= 0.3 is 5.97 Å². The molecule has 2 aliphatic rings. The minimum Gasteiger partial charge on any atom is -0.481 e. The predicted octanol–water partition coefficient (Wildman–Crippen LogP) is 0.429. The minimum absolute atomic E-state index is 0.262. The Morgan fingerprint density at radius 3 is 3.00 bits per heavy atom. The smallest absolute Gasteiger partial charge is 0.304 e. The second kappa shape index (κ2) is 4.28. The number of likely N-dealkylation sites (tertiary alicyclic amines) is 1. The van der Waals surface area contributed by atoms with Gasteiger partial charge in [0.1, 0.15) is 0 Å². The van der Waals surface area contributed by atoms with Crippen LogP contribution in [0, 0.1) is 11.8 Å². The van der Waals surface area contributed by atoms with Crippen molar-refractivity contribution in [3.63, 3.8) is 0 Å². The van der Waals surface area contributed by atoms with Gasteiger partial charge in [0.05, 0.1) is 13.0 Å².